The van der Waals surface area contributed by atoms with Crippen molar-refractivity contribution in [1.29, 1.82) is 0 Å². The summed E-state index contributed by atoms with van der Waals surface area (Å²) in [6, 6.07) is 7.45. The van der Waals surface area contributed by atoms with E-state index in [4.69, 9.17) is 4.74 Å². The fourth-order valence-corrected chi connectivity index (χ4v) is 2.46. The molecule has 0 saturated carbocycles. The molecule has 1 aromatic rings. The van der Waals surface area contributed by atoms with Crippen LogP contribution >= 0.6 is 0 Å². The van der Waals surface area contributed by atoms with E-state index in [1.54, 1.807) is 11.9 Å². The largest absolute Gasteiger partial charge is 0.356 e. The van der Waals surface area contributed by atoms with Crippen LogP contribution in [-0.2, 0) is 14.3 Å². The molecule has 1 aromatic carbocycles. The average Bonchev–Trinajstić information content (AvgIpc) is 2.42. The number of carbonyl (C=O) groups excluding carboxylic acids is 2. The lowest BCUT2D eigenvalue weighted by atomic mass is 9.96. The van der Waals surface area contributed by atoms with Gasteiger partial charge in [-0.1, -0.05) is 29.8 Å². The molecule has 1 heterocycles. The number of nitrogens with zero attached hydrogens (tertiary/aromatic N) is 1. The van der Waals surface area contributed by atoms with Crippen LogP contribution in [0.3, 0.4) is 0 Å². The standard InChI is InChI=1S/C16H22N2O3/c1-10(2)17-16(20)15-14(18(4)13(19)9-21-15)12-7-5-11(3)6-8-12/h5-8,10,14-15H,9H2,1-4H3,(H,17,20)/t14-,15-/m0/s1. The number of aryl methyl sites for hydroxylation is 1. The highest BCUT2D eigenvalue weighted by Gasteiger charge is 2.40. The lowest BCUT2D eigenvalue weighted by Gasteiger charge is -2.38. The highest BCUT2D eigenvalue weighted by atomic mass is 16.5. The summed E-state index contributed by atoms with van der Waals surface area (Å²) in [5, 5.41) is 2.86. The SMILES string of the molecule is Cc1ccc([C@H]2[C@@H](C(=O)NC(C)C)OCC(=O)N2C)cc1. The van der Waals surface area contributed by atoms with Gasteiger partial charge in [0.1, 0.15) is 6.61 Å². The minimum atomic E-state index is -0.683. The van der Waals surface area contributed by atoms with Gasteiger partial charge in [-0.3, -0.25) is 9.59 Å². The Bertz CT molecular complexity index is 525. The Hall–Kier alpha value is -1.88. The van der Waals surface area contributed by atoms with Crippen LogP contribution in [0.15, 0.2) is 24.3 Å². The van der Waals surface area contributed by atoms with E-state index >= 15 is 0 Å². The van der Waals surface area contributed by atoms with Gasteiger partial charge in [0.2, 0.25) is 5.91 Å². The van der Waals surface area contributed by atoms with Crippen molar-refractivity contribution in [3.8, 4) is 0 Å². The van der Waals surface area contributed by atoms with E-state index in [-0.39, 0.29) is 24.5 Å². The maximum atomic E-state index is 12.3. The van der Waals surface area contributed by atoms with Crippen LogP contribution in [0.25, 0.3) is 0 Å². The normalized spacial score (nSPS) is 22.5. The Morgan fingerprint density at radius 2 is 1.95 bits per heavy atom. The van der Waals surface area contributed by atoms with E-state index in [0.29, 0.717) is 0 Å². The Kier molecular flexibility index (Phi) is 4.63. The van der Waals surface area contributed by atoms with Crippen LogP contribution in [0, 0.1) is 6.92 Å². The fraction of sp³-hybridized carbons (Fsp3) is 0.500. The van der Waals surface area contributed by atoms with Crippen LogP contribution in [0.2, 0.25) is 0 Å². The topological polar surface area (TPSA) is 58.6 Å². The number of hydrogen-bond donors (Lipinski definition) is 1. The molecule has 0 aromatic heterocycles. The summed E-state index contributed by atoms with van der Waals surface area (Å²) < 4.78 is 5.52. The van der Waals surface area contributed by atoms with Gasteiger partial charge in [-0.2, -0.15) is 0 Å². The van der Waals surface area contributed by atoms with Crippen LogP contribution in [-0.4, -0.2) is 42.5 Å². The van der Waals surface area contributed by atoms with Crippen molar-refractivity contribution in [1.82, 2.24) is 10.2 Å². The van der Waals surface area contributed by atoms with Crippen molar-refractivity contribution in [2.75, 3.05) is 13.7 Å². The van der Waals surface area contributed by atoms with Crippen molar-refractivity contribution in [2.45, 2.75) is 39.0 Å². The minimum Gasteiger partial charge on any atom is -0.356 e. The summed E-state index contributed by atoms with van der Waals surface area (Å²) in [5.41, 5.74) is 2.03. The molecule has 1 N–H and O–H groups in total. The first-order chi connectivity index (χ1) is 9.90. The van der Waals surface area contributed by atoms with Crippen molar-refractivity contribution in [3.05, 3.63) is 35.4 Å². The maximum absolute atomic E-state index is 12.3. The molecular formula is C16H22N2O3. The molecule has 5 heteroatoms. The molecule has 114 valence electrons. The lowest BCUT2D eigenvalue weighted by molar-refractivity contribution is -0.162. The van der Waals surface area contributed by atoms with Crippen LogP contribution in [0.1, 0.15) is 31.0 Å². The van der Waals surface area contributed by atoms with Crippen molar-refractivity contribution in [3.63, 3.8) is 0 Å². The fourth-order valence-electron chi connectivity index (χ4n) is 2.46. The average molecular weight is 290 g/mol. The van der Waals surface area contributed by atoms with E-state index in [1.165, 1.54) is 0 Å². The molecule has 2 amide bonds. The van der Waals surface area contributed by atoms with Crippen molar-refractivity contribution in [2.24, 2.45) is 0 Å². The smallest absolute Gasteiger partial charge is 0.251 e. The molecule has 1 fully saturated rings. The number of nitrogens with one attached hydrogen (secondary N) is 1. The van der Waals surface area contributed by atoms with Crippen LogP contribution in [0.5, 0.6) is 0 Å². The zero-order valence-electron chi connectivity index (χ0n) is 12.9. The number of benzene rings is 1. The van der Waals surface area contributed by atoms with Crippen molar-refractivity contribution < 1.29 is 14.3 Å². The number of carbonyl (C=O) groups is 2. The molecule has 21 heavy (non-hydrogen) atoms. The Labute approximate surface area is 125 Å². The zero-order valence-corrected chi connectivity index (χ0v) is 12.9. The molecule has 0 spiro atoms. The zero-order chi connectivity index (χ0) is 15.6. The molecule has 0 radical (unpaired) electrons. The Morgan fingerprint density at radius 3 is 2.52 bits per heavy atom. The molecule has 0 unspecified atom stereocenters. The second-order valence-corrected chi connectivity index (χ2v) is 5.76. The molecule has 2 atom stereocenters. The van der Waals surface area contributed by atoms with Gasteiger partial charge in [0.05, 0.1) is 6.04 Å². The van der Waals surface area contributed by atoms with E-state index in [9.17, 15) is 9.59 Å². The summed E-state index contributed by atoms with van der Waals surface area (Å²) in [6.07, 6.45) is -0.683. The third-order valence-electron chi connectivity index (χ3n) is 3.59. The molecule has 0 bridgehead atoms. The number of rotatable bonds is 3. The third-order valence-corrected chi connectivity index (χ3v) is 3.59. The number of likely N-dealkylation sites (N-methyl/N-ethyl adjacent to an activating group) is 1. The lowest BCUT2D eigenvalue weighted by Crippen LogP contribution is -2.53. The van der Waals surface area contributed by atoms with Gasteiger partial charge < -0.3 is 15.0 Å². The molecule has 1 saturated heterocycles. The Morgan fingerprint density at radius 1 is 1.33 bits per heavy atom. The summed E-state index contributed by atoms with van der Waals surface area (Å²) in [5.74, 6) is -0.302. The number of amides is 2. The van der Waals surface area contributed by atoms with E-state index in [0.717, 1.165) is 11.1 Å². The molecular weight excluding hydrogens is 268 g/mol. The number of hydrogen-bond acceptors (Lipinski definition) is 3. The molecule has 5 nitrogen and oxygen atoms in total. The molecule has 0 aliphatic carbocycles. The van der Waals surface area contributed by atoms with Gasteiger partial charge in [-0.15, -0.1) is 0 Å². The van der Waals surface area contributed by atoms with Gasteiger partial charge >= 0.3 is 0 Å². The Balaban J connectivity index is 2.31. The first kappa shape index (κ1) is 15.5. The molecule has 1 aliphatic rings. The molecule has 2 rings (SSSR count). The van der Waals surface area contributed by atoms with Crippen LogP contribution in [0.4, 0.5) is 0 Å². The molecule has 1 aliphatic heterocycles. The van der Waals surface area contributed by atoms with Gasteiger partial charge in [-0.25, -0.2) is 0 Å². The first-order valence-corrected chi connectivity index (χ1v) is 7.14. The second kappa shape index (κ2) is 6.26. The maximum Gasteiger partial charge on any atom is 0.251 e. The van der Waals surface area contributed by atoms with E-state index in [1.807, 2.05) is 45.0 Å². The predicted molar refractivity (Wildman–Crippen MR) is 79.7 cm³/mol. The summed E-state index contributed by atoms with van der Waals surface area (Å²) in [6.45, 7) is 5.74. The monoisotopic (exact) mass is 290 g/mol. The highest BCUT2D eigenvalue weighted by molar-refractivity contribution is 5.86. The summed E-state index contributed by atoms with van der Waals surface area (Å²) in [4.78, 5) is 25.8. The highest BCUT2D eigenvalue weighted by Crippen LogP contribution is 2.29. The van der Waals surface area contributed by atoms with Gasteiger partial charge in [-0.05, 0) is 26.3 Å². The van der Waals surface area contributed by atoms with Gasteiger partial charge in [0.25, 0.3) is 5.91 Å². The second-order valence-electron chi connectivity index (χ2n) is 5.76. The number of morpholine rings is 1. The first-order valence-electron chi connectivity index (χ1n) is 7.14. The predicted octanol–water partition coefficient (Wildman–Crippen LogP) is 1.42. The summed E-state index contributed by atoms with van der Waals surface area (Å²) >= 11 is 0. The van der Waals surface area contributed by atoms with Gasteiger partial charge in [0.15, 0.2) is 6.10 Å². The summed E-state index contributed by atoms with van der Waals surface area (Å²) in [7, 11) is 1.71. The third kappa shape index (κ3) is 3.42. The quantitative estimate of drug-likeness (QED) is 0.916. The minimum absolute atomic E-state index is 0.0303. The van der Waals surface area contributed by atoms with Crippen molar-refractivity contribution >= 4 is 11.8 Å². The number of ether oxygens (including phenoxy) is 1. The van der Waals surface area contributed by atoms with Crippen LogP contribution < -0.4 is 5.32 Å². The van der Waals surface area contributed by atoms with E-state index in [2.05, 4.69) is 5.32 Å². The van der Waals surface area contributed by atoms with E-state index < -0.39 is 12.1 Å². The van der Waals surface area contributed by atoms with Gasteiger partial charge in [0, 0.05) is 13.1 Å².